The number of hydrogen-bond acceptors (Lipinski definition) is 4. The molecule has 17 heavy (non-hydrogen) atoms. The number of thioether (sulfide) groups is 1. The molecule has 2 fully saturated rings. The van der Waals surface area contributed by atoms with Crippen LogP contribution in [0.15, 0.2) is 0 Å². The Hall–Kier alpha value is 0.0200. The zero-order chi connectivity index (χ0) is 12.4. The van der Waals surface area contributed by atoms with E-state index in [-0.39, 0.29) is 17.5 Å². The normalized spacial score (nSPS) is 25.6. The van der Waals surface area contributed by atoms with E-state index in [0.29, 0.717) is 19.8 Å². The first-order valence-corrected chi connectivity index (χ1v) is 6.69. The van der Waals surface area contributed by atoms with Crippen LogP contribution in [0.5, 0.6) is 0 Å². The van der Waals surface area contributed by atoms with Crippen molar-refractivity contribution in [3.05, 3.63) is 0 Å². The molecule has 0 aromatic rings. The predicted octanol–water partition coefficient (Wildman–Crippen LogP) is 2.08. The fourth-order valence-electron chi connectivity index (χ4n) is 2.19. The molecule has 0 aromatic heterocycles. The van der Waals surface area contributed by atoms with Crippen LogP contribution >= 0.6 is 11.8 Å². The second-order valence-corrected chi connectivity index (χ2v) is 5.40. The van der Waals surface area contributed by atoms with E-state index in [2.05, 4.69) is 0 Å². The number of alkyl halides is 3. The number of nitrogens with zero attached hydrogens (tertiary/aromatic N) is 1. The summed E-state index contributed by atoms with van der Waals surface area (Å²) in [5, 5.41) is 0. The lowest BCUT2D eigenvalue weighted by Crippen LogP contribution is -2.45. The lowest BCUT2D eigenvalue weighted by molar-refractivity contribution is -0.184. The van der Waals surface area contributed by atoms with Crippen LogP contribution in [0.3, 0.4) is 0 Å². The van der Waals surface area contributed by atoms with Gasteiger partial charge in [0.15, 0.2) is 5.79 Å². The van der Waals surface area contributed by atoms with Crippen LogP contribution in [0.4, 0.5) is 13.2 Å². The summed E-state index contributed by atoms with van der Waals surface area (Å²) >= 11 is 0.0468. The maximum absolute atomic E-state index is 12.0. The van der Waals surface area contributed by atoms with Gasteiger partial charge >= 0.3 is 5.51 Å². The number of ether oxygens (including phenoxy) is 2. The molecule has 0 amide bonds. The molecule has 2 aliphatic heterocycles. The van der Waals surface area contributed by atoms with Crippen molar-refractivity contribution >= 4 is 11.8 Å². The number of piperidine rings is 1. The molecule has 0 N–H and O–H groups in total. The Morgan fingerprint density at radius 3 is 2.24 bits per heavy atom. The fraction of sp³-hybridized carbons (Fsp3) is 1.00. The second-order valence-electron chi connectivity index (χ2n) is 4.24. The lowest BCUT2D eigenvalue weighted by Gasteiger charge is -2.37. The molecule has 0 radical (unpaired) electrons. The van der Waals surface area contributed by atoms with Crippen molar-refractivity contribution in [2.24, 2.45) is 0 Å². The third kappa shape index (κ3) is 4.01. The zero-order valence-corrected chi connectivity index (χ0v) is 10.3. The average molecular weight is 271 g/mol. The van der Waals surface area contributed by atoms with E-state index in [1.165, 1.54) is 0 Å². The van der Waals surface area contributed by atoms with E-state index in [1.807, 2.05) is 4.90 Å². The molecule has 2 heterocycles. The summed E-state index contributed by atoms with van der Waals surface area (Å²) < 4.78 is 47.0. The van der Waals surface area contributed by atoms with Crippen molar-refractivity contribution in [2.75, 3.05) is 38.6 Å². The zero-order valence-electron chi connectivity index (χ0n) is 9.46. The van der Waals surface area contributed by atoms with E-state index >= 15 is 0 Å². The van der Waals surface area contributed by atoms with Crippen molar-refractivity contribution in [1.82, 2.24) is 4.90 Å². The molecule has 0 bridgehead atoms. The van der Waals surface area contributed by atoms with Crippen LogP contribution in [-0.2, 0) is 9.47 Å². The predicted molar refractivity (Wildman–Crippen MR) is 58.8 cm³/mol. The number of likely N-dealkylation sites (tertiary alicyclic amines) is 1. The highest BCUT2D eigenvalue weighted by Crippen LogP contribution is 2.32. The van der Waals surface area contributed by atoms with Crippen molar-refractivity contribution in [1.29, 1.82) is 0 Å². The smallest absolute Gasteiger partial charge is 0.347 e. The van der Waals surface area contributed by atoms with Gasteiger partial charge in [-0.1, -0.05) is 0 Å². The minimum Gasteiger partial charge on any atom is -0.347 e. The molecule has 2 aliphatic rings. The van der Waals surface area contributed by atoms with Gasteiger partial charge in [0.05, 0.1) is 13.2 Å². The van der Waals surface area contributed by atoms with Crippen molar-refractivity contribution in [3.8, 4) is 0 Å². The first-order valence-electron chi connectivity index (χ1n) is 5.70. The van der Waals surface area contributed by atoms with E-state index < -0.39 is 11.3 Å². The number of halogens is 3. The molecule has 100 valence electrons. The molecular formula is C10H16F3NO2S. The Morgan fingerprint density at radius 1 is 1.12 bits per heavy atom. The Kier molecular flexibility index (Phi) is 4.22. The summed E-state index contributed by atoms with van der Waals surface area (Å²) in [6.07, 6.45) is 1.51. The standard InChI is InChI=1S/C10H16F3NO2S/c11-10(12,13)17-8-5-14-3-1-9(2-4-14)15-6-7-16-9/h1-8H2. The minimum absolute atomic E-state index is 0.0468. The summed E-state index contributed by atoms with van der Waals surface area (Å²) in [5.41, 5.74) is -4.12. The molecule has 3 nitrogen and oxygen atoms in total. The van der Waals surface area contributed by atoms with Gasteiger partial charge in [-0.15, -0.1) is 0 Å². The highest BCUT2D eigenvalue weighted by molar-refractivity contribution is 8.00. The van der Waals surface area contributed by atoms with Gasteiger partial charge in [-0.2, -0.15) is 13.2 Å². The molecule has 2 rings (SSSR count). The molecule has 7 heteroatoms. The molecule has 0 unspecified atom stereocenters. The van der Waals surface area contributed by atoms with Crippen LogP contribution in [0.2, 0.25) is 0 Å². The van der Waals surface area contributed by atoms with Gasteiger partial charge in [0.2, 0.25) is 0 Å². The molecular weight excluding hydrogens is 255 g/mol. The third-order valence-corrected chi connectivity index (χ3v) is 3.82. The summed E-state index contributed by atoms with van der Waals surface area (Å²) in [7, 11) is 0. The molecule has 0 atom stereocenters. The monoisotopic (exact) mass is 271 g/mol. The number of rotatable bonds is 3. The Labute approximate surface area is 103 Å². The first kappa shape index (κ1) is 13.5. The number of hydrogen-bond donors (Lipinski definition) is 0. The Balaban J connectivity index is 1.65. The van der Waals surface area contributed by atoms with Crippen LogP contribution in [0, 0.1) is 0 Å². The van der Waals surface area contributed by atoms with E-state index in [1.54, 1.807) is 0 Å². The summed E-state index contributed by atoms with van der Waals surface area (Å²) in [6, 6.07) is 0. The highest BCUT2D eigenvalue weighted by atomic mass is 32.2. The molecule has 0 saturated carbocycles. The largest absolute Gasteiger partial charge is 0.441 e. The van der Waals surface area contributed by atoms with Crippen LogP contribution in [-0.4, -0.2) is 54.8 Å². The maximum Gasteiger partial charge on any atom is 0.441 e. The van der Waals surface area contributed by atoms with E-state index in [9.17, 15) is 13.2 Å². The quantitative estimate of drug-likeness (QED) is 0.783. The lowest BCUT2D eigenvalue weighted by atomic mass is 10.0. The summed E-state index contributed by atoms with van der Waals surface area (Å²) in [6.45, 7) is 3.23. The van der Waals surface area contributed by atoms with Gasteiger partial charge < -0.3 is 14.4 Å². The Morgan fingerprint density at radius 2 is 1.71 bits per heavy atom. The van der Waals surface area contributed by atoms with Gasteiger partial charge in [-0.05, 0) is 11.8 Å². The van der Waals surface area contributed by atoms with Gasteiger partial charge in [-0.25, -0.2) is 0 Å². The second kappa shape index (κ2) is 5.34. The van der Waals surface area contributed by atoms with Crippen LogP contribution in [0.25, 0.3) is 0 Å². The van der Waals surface area contributed by atoms with Crippen molar-refractivity contribution < 1.29 is 22.6 Å². The van der Waals surface area contributed by atoms with Crippen LogP contribution < -0.4 is 0 Å². The SMILES string of the molecule is FC(F)(F)SCCN1CCC2(CC1)OCCO2. The van der Waals surface area contributed by atoms with Crippen molar-refractivity contribution in [2.45, 2.75) is 24.1 Å². The minimum atomic E-state index is -4.12. The van der Waals surface area contributed by atoms with Gasteiger partial charge in [-0.3, -0.25) is 0 Å². The Bertz CT molecular complexity index is 246. The van der Waals surface area contributed by atoms with Crippen LogP contribution in [0.1, 0.15) is 12.8 Å². The highest BCUT2D eigenvalue weighted by Gasteiger charge is 2.39. The summed E-state index contributed by atoms with van der Waals surface area (Å²) in [4.78, 5) is 2.04. The molecule has 0 aromatic carbocycles. The van der Waals surface area contributed by atoms with E-state index in [0.717, 1.165) is 25.9 Å². The molecule has 0 aliphatic carbocycles. The third-order valence-electron chi connectivity index (χ3n) is 3.10. The first-order chi connectivity index (χ1) is 7.99. The van der Waals surface area contributed by atoms with E-state index in [4.69, 9.17) is 9.47 Å². The topological polar surface area (TPSA) is 21.7 Å². The van der Waals surface area contributed by atoms with Gasteiger partial charge in [0.25, 0.3) is 0 Å². The molecule has 2 saturated heterocycles. The maximum atomic E-state index is 12.0. The van der Waals surface area contributed by atoms with Gasteiger partial charge in [0.1, 0.15) is 0 Å². The average Bonchev–Trinajstić information content (AvgIpc) is 2.68. The molecule has 1 spiro atoms. The van der Waals surface area contributed by atoms with Gasteiger partial charge in [0, 0.05) is 38.2 Å². The fourth-order valence-corrected chi connectivity index (χ4v) is 2.77. The summed E-state index contributed by atoms with van der Waals surface area (Å²) in [5.74, 6) is -0.341. The van der Waals surface area contributed by atoms with Crippen molar-refractivity contribution in [3.63, 3.8) is 0 Å².